The van der Waals surface area contributed by atoms with Gasteiger partial charge < -0.3 is 10.7 Å². The molecule has 0 aliphatic heterocycles. The van der Waals surface area contributed by atoms with Gasteiger partial charge in [0.15, 0.2) is 11.6 Å². The number of nitrogens with two attached hydrogens (primary N) is 1. The lowest BCUT2D eigenvalue weighted by Gasteiger charge is -2.05. The minimum absolute atomic E-state index is 0.0405. The van der Waals surface area contributed by atoms with E-state index in [0.717, 1.165) is 12.1 Å². The van der Waals surface area contributed by atoms with E-state index in [1.54, 1.807) is 6.07 Å². The molecule has 0 saturated heterocycles. The van der Waals surface area contributed by atoms with Crippen LogP contribution in [0.15, 0.2) is 29.1 Å². The van der Waals surface area contributed by atoms with Crippen molar-refractivity contribution in [1.82, 2.24) is 4.98 Å². The van der Waals surface area contributed by atoms with Crippen LogP contribution in [0.1, 0.15) is 5.56 Å². The van der Waals surface area contributed by atoms with Gasteiger partial charge in [-0.3, -0.25) is 4.79 Å². The fourth-order valence-corrected chi connectivity index (χ4v) is 1.58. The molecule has 2 rings (SSSR count). The van der Waals surface area contributed by atoms with E-state index >= 15 is 0 Å². The number of pyridine rings is 1. The monoisotopic (exact) mass is 247 g/mol. The summed E-state index contributed by atoms with van der Waals surface area (Å²) in [5.41, 5.74) is 4.96. The van der Waals surface area contributed by atoms with Crippen LogP contribution >= 0.6 is 0 Å². The number of anilines is 1. The molecule has 0 atom stereocenters. The number of H-pyrrole nitrogens is 1. The number of nitrogens with one attached hydrogen (secondary N) is 1. The molecule has 1 heterocycles. The Bertz CT molecular complexity index is 716. The van der Waals surface area contributed by atoms with Crippen molar-refractivity contribution in [2.24, 2.45) is 0 Å². The van der Waals surface area contributed by atoms with Crippen LogP contribution in [0.25, 0.3) is 11.1 Å². The van der Waals surface area contributed by atoms with Crippen molar-refractivity contribution in [3.05, 3.63) is 51.8 Å². The quantitative estimate of drug-likeness (QED) is 0.805. The van der Waals surface area contributed by atoms with E-state index in [9.17, 15) is 13.6 Å². The molecule has 0 spiro atoms. The molecule has 1 aromatic heterocycles. The highest BCUT2D eigenvalue weighted by Gasteiger charge is 2.12. The van der Waals surface area contributed by atoms with Crippen molar-refractivity contribution in [1.29, 1.82) is 5.26 Å². The first-order chi connectivity index (χ1) is 8.52. The number of hydrogen-bond donors (Lipinski definition) is 2. The summed E-state index contributed by atoms with van der Waals surface area (Å²) in [5, 5.41) is 8.90. The fourth-order valence-electron chi connectivity index (χ4n) is 1.58. The van der Waals surface area contributed by atoms with Crippen LogP contribution < -0.4 is 11.3 Å². The number of hydrogen-bond acceptors (Lipinski definition) is 3. The lowest BCUT2D eigenvalue weighted by molar-refractivity contribution is 0.509. The number of aromatic nitrogens is 1. The SMILES string of the molecule is N#Cc1c(-c2ccc(F)c(F)c2)cc(N)[nH]c1=O. The summed E-state index contributed by atoms with van der Waals surface area (Å²) in [6.07, 6.45) is 0. The molecule has 3 N–H and O–H groups in total. The normalized spacial score (nSPS) is 10.1. The third kappa shape index (κ3) is 1.94. The Morgan fingerprint density at radius 2 is 1.94 bits per heavy atom. The molecule has 90 valence electrons. The molecular weight excluding hydrogens is 240 g/mol. The molecule has 2 aromatic rings. The van der Waals surface area contributed by atoms with Crippen LogP contribution in [0.2, 0.25) is 0 Å². The summed E-state index contributed by atoms with van der Waals surface area (Å²) in [4.78, 5) is 13.7. The maximum atomic E-state index is 13.1. The van der Waals surface area contributed by atoms with E-state index in [2.05, 4.69) is 4.98 Å². The molecule has 0 aliphatic carbocycles. The molecule has 0 radical (unpaired) electrons. The van der Waals surface area contributed by atoms with E-state index in [4.69, 9.17) is 11.0 Å². The maximum absolute atomic E-state index is 13.1. The van der Waals surface area contributed by atoms with Gasteiger partial charge >= 0.3 is 0 Å². The van der Waals surface area contributed by atoms with Crippen molar-refractivity contribution in [2.75, 3.05) is 5.73 Å². The van der Waals surface area contributed by atoms with Crippen LogP contribution in [-0.2, 0) is 0 Å². The standard InChI is InChI=1S/C12H7F2N3O/c13-9-2-1-6(3-10(9)14)7-4-11(16)17-12(18)8(7)5-15/h1-4H,(H3,16,17,18). The van der Waals surface area contributed by atoms with Gasteiger partial charge in [-0.1, -0.05) is 6.07 Å². The second kappa shape index (κ2) is 4.30. The van der Waals surface area contributed by atoms with Crippen LogP contribution in [0.4, 0.5) is 14.6 Å². The lowest BCUT2D eigenvalue weighted by Crippen LogP contribution is -2.13. The first-order valence-electron chi connectivity index (χ1n) is 4.91. The molecule has 0 aliphatic rings. The number of rotatable bonds is 1. The average Bonchev–Trinajstić information content (AvgIpc) is 2.32. The second-order valence-electron chi connectivity index (χ2n) is 3.58. The number of nitriles is 1. The summed E-state index contributed by atoms with van der Waals surface area (Å²) in [7, 11) is 0. The molecule has 1 aromatic carbocycles. The van der Waals surface area contributed by atoms with E-state index in [0.29, 0.717) is 0 Å². The Morgan fingerprint density at radius 1 is 1.22 bits per heavy atom. The molecule has 0 fully saturated rings. The van der Waals surface area contributed by atoms with Crippen LogP contribution in [0.5, 0.6) is 0 Å². The van der Waals surface area contributed by atoms with E-state index in [1.807, 2.05) is 0 Å². The number of halogens is 2. The minimum Gasteiger partial charge on any atom is -0.385 e. The first-order valence-corrected chi connectivity index (χ1v) is 4.91. The summed E-state index contributed by atoms with van der Waals surface area (Å²) >= 11 is 0. The highest BCUT2D eigenvalue weighted by Crippen LogP contribution is 2.24. The average molecular weight is 247 g/mol. The van der Waals surface area contributed by atoms with Gasteiger partial charge in [0.25, 0.3) is 5.56 Å². The van der Waals surface area contributed by atoms with E-state index < -0.39 is 17.2 Å². The van der Waals surface area contributed by atoms with Crippen LogP contribution in [0, 0.1) is 23.0 Å². The third-order valence-corrected chi connectivity index (χ3v) is 2.40. The fraction of sp³-hybridized carbons (Fsp3) is 0. The molecule has 6 heteroatoms. The lowest BCUT2D eigenvalue weighted by atomic mass is 10.0. The first kappa shape index (κ1) is 11.8. The molecule has 0 saturated carbocycles. The molecule has 0 amide bonds. The van der Waals surface area contributed by atoms with Gasteiger partial charge in [0, 0.05) is 5.56 Å². The number of nitrogen functional groups attached to an aromatic ring is 1. The van der Waals surface area contributed by atoms with Crippen molar-refractivity contribution in [3.63, 3.8) is 0 Å². The second-order valence-corrected chi connectivity index (χ2v) is 3.58. The van der Waals surface area contributed by atoms with Crippen molar-refractivity contribution < 1.29 is 8.78 Å². The number of benzene rings is 1. The summed E-state index contributed by atoms with van der Waals surface area (Å²) in [6, 6.07) is 6.13. The molecule has 0 bridgehead atoms. The Labute approximate surface area is 100 Å². The maximum Gasteiger partial charge on any atom is 0.268 e. The van der Waals surface area contributed by atoms with Crippen molar-refractivity contribution in [3.8, 4) is 17.2 Å². The van der Waals surface area contributed by atoms with Gasteiger partial charge in [-0.15, -0.1) is 0 Å². The van der Waals surface area contributed by atoms with E-state index in [1.165, 1.54) is 12.1 Å². The Balaban J connectivity index is 2.75. The zero-order chi connectivity index (χ0) is 13.3. The largest absolute Gasteiger partial charge is 0.385 e. The minimum atomic E-state index is -1.06. The summed E-state index contributed by atoms with van der Waals surface area (Å²) < 4.78 is 25.9. The van der Waals surface area contributed by atoms with Crippen molar-refractivity contribution >= 4 is 5.82 Å². The third-order valence-electron chi connectivity index (χ3n) is 2.40. The van der Waals surface area contributed by atoms with Gasteiger partial charge in [-0.2, -0.15) is 5.26 Å². The van der Waals surface area contributed by atoms with Gasteiger partial charge in [0.2, 0.25) is 0 Å². The molecular formula is C12H7F2N3O. The summed E-state index contributed by atoms with van der Waals surface area (Å²) in [6.45, 7) is 0. The topological polar surface area (TPSA) is 82.7 Å². The molecule has 0 unspecified atom stereocenters. The highest BCUT2D eigenvalue weighted by atomic mass is 19.2. The van der Waals surface area contributed by atoms with Gasteiger partial charge in [0.1, 0.15) is 17.5 Å². The number of nitrogens with zero attached hydrogens (tertiary/aromatic N) is 1. The Kier molecular flexibility index (Phi) is 2.81. The highest BCUT2D eigenvalue weighted by molar-refractivity contribution is 5.72. The number of aromatic amines is 1. The zero-order valence-corrected chi connectivity index (χ0v) is 9.00. The van der Waals surface area contributed by atoms with E-state index in [-0.39, 0.29) is 22.5 Å². The van der Waals surface area contributed by atoms with Gasteiger partial charge in [-0.05, 0) is 23.8 Å². The predicted molar refractivity (Wildman–Crippen MR) is 61.5 cm³/mol. The van der Waals surface area contributed by atoms with Crippen LogP contribution in [0.3, 0.4) is 0 Å². The summed E-state index contributed by atoms with van der Waals surface area (Å²) in [5.74, 6) is -2.02. The Hall–Kier alpha value is -2.68. The van der Waals surface area contributed by atoms with Gasteiger partial charge in [0.05, 0.1) is 0 Å². The smallest absolute Gasteiger partial charge is 0.268 e. The van der Waals surface area contributed by atoms with Crippen LogP contribution in [-0.4, -0.2) is 4.98 Å². The zero-order valence-electron chi connectivity index (χ0n) is 9.00. The van der Waals surface area contributed by atoms with Gasteiger partial charge in [-0.25, -0.2) is 8.78 Å². The molecule has 4 nitrogen and oxygen atoms in total. The van der Waals surface area contributed by atoms with Crippen molar-refractivity contribution in [2.45, 2.75) is 0 Å². The Morgan fingerprint density at radius 3 is 2.56 bits per heavy atom. The molecule has 18 heavy (non-hydrogen) atoms. The predicted octanol–water partition coefficient (Wildman–Crippen LogP) is 1.77.